The van der Waals surface area contributed by atoms with Crippen molar-refractivity contribution < 1.29 is 0 Å². The van der Waals surface area contributed by atoms with Crippen LogP contribution in [0.25, 0.3) is 0 Å². The lowest BCUT2D eigenvalue weighted by Crippen LogP contribution is -2.35. The van der Waals surface area contributed by atoms with E-state index >= 15 is 0 Å². The molecule has 14 heavy (non-hydrogen) atoms. The number of nitrogens with one attached hydrogen (secondary N) is 1. The van der Waals surface area contributed by atoms with Crippen LogP contribution in [0, 0.1) is 5.92 Å². The summed E-state index contributed by atoms with van der Waals surface area (Å²) < 4.78 is 0. The van der Waals surface area contributed by atoms with Crippen molar-refractivity contribution in [3.63, 3.8) is 0 Å². The maximum Gasteiger partial charge on any atom is 0.156 e. The largest absolute Gasteiger partial charge is 0.362 e. The van der Waals surface area contributed by atoms with Gasteiger partial charge < -0.3 is 5.32 Å². The molecule has 80 valence electrons. The topological polar surface area (TPSA) is 24.4 Å². The Morgan fingerprint density at radius 1 is 1.43 bits per heavy atom. The molecule has 1 aliphatic heterocycles. The number of amidine groups is 1. The van der Waals surface area contributed by atoms with E-state index in [1.54, 1.807) is 0 Å². The third-order valence-electron chi connectivity index (χ3n) is 3.18. The summed E-state index contributed by atoms with van der Waals surface area (Å²) in [4.78, 5) is 4.62. The van der Waals surface area contributed by atoms with Crippen LogP contribution in [0.1, 0.15) is 39.0 Å². The molecule has 3 heteroatoms. The van der Waals surface area contributed by atoms with E-state index in [1.165, 1.54) is 43.0 Å². The van der Waals surface area contributed by atoms with Gasteiger partial charge >= 0.3 is 0 Å². The Labute approximate surface area is 90.9 Å². The maximum absolute atomic E-state index is 4.62. The minimum absolute atomic E-state index is 0.624. The van der Waals surface area contributed by atoms with Crippen molar-refractivity contribution in [2.45, 2.75) is 45.1 Å². The normalized spacial score (nSPS) is 31.2. The number of nitrogens with zero attached hydrogens (tertiary/aromatic N) is 1. The molecule has 0 amide bonds. The van der Waals surface area contributed by atoms with E-state index in [2.05, 4.69) is 17.2 Å². The van der Waals surface area contributed by atoms with Gasteiger partial charge in [-0.3, -0.25) is 4.99 Å². The lowest BCUT2D eigenvalue weighted by atomic mass is 9.83. The highest BCUT2D eigenvalue weighted by molar-refractivity contribution is 8.13. The fourth-order valence-corrected chi connectivity index (χ4v) is 3.01. The smallest absolute Gasteiger partial charge is 0.156 e. The lowest BCUT2D eigenvalue weighted by Gasteiger charge is -2.25. The number of thioether (sulfide) groups is 1. The molecule has 0 radical (unpaired) electrons. The van der Waals surface area contributed by atoms with Gasteiger partial charge in [-0.2, -0.15) is 0 Å². The van der Waals surface area contributed by atoms with Gasteiger partial charge in [0.05, 0.1) is 0 Å². The number of aliphatic imine (C=N–C) groups is 1. The van der Waals surface area contributed by atoms with Crippen LogP contribution in [0.15, 0.2) is 4.99 Å². The standard InChI is InChI=1S/C11H20N2S/c1-9-6-8-14-11(13-9)12-7-5-10-3-2-4-10/h9-10H,2-8H2,1H3,(H,12,13). The van der Waals surface area contributed by atoms with Gasteiger partial charge in [0.15, 0.2) is 5.17 Å². The van der Waals surface area contributed by atoms with E-state index in [9.17, 15) is 0 Å². The zero-order chi connectivity index (χ0) is 9.80. The van der Waals surface area contributed by atoms with E-state index in [-0.39, 0.29) is 0 Å². The lowest BCUT2D eigenvalue weighted by molar-refractivity contribution is 0.300. The van der Waals surface area contributed by atoms with Crippen molar-refractivity contribution in [3.05, 3.63) is 0 Å². The first-order valence-electron chi connectivity index (χ1n) is 5.78. The Hall–Kier alpha value is -0.180. The van der Waals surface area contributed by atoms with Crippen molar-refractivity contribution >= 4 is 16.9 Å². The summed E-state index contributed by atoms with van der Waals surface area (Å²) in [7, 11) is 0. The Morgan fingerprint density at radius 2 is 2.29 bits per heavy atom. The van der Waals surface area contributed by atoms with Crippen molar-refractivity contribution in [2.24, 2.45) is 10.9 Å². The minimum Gasteiger partial charge on any atom is -0.362 e. The summed E-state index contributed by atoms with van der Waals surface area (Å²) in [6, 6.07) is 0.624. The van der Waals surface area contributed by atoms with E-state index in [4.69, 9.17) is 0 Å². The Morgan fingerprint density at radius 3 is 2.93 bits per heavy atom. The van der Waals surface area contributed by atoms with Crippen LogP contribution < -0.4 is 5.32 Å². The van der Waals surface area contributed by atoms with E-state index in [0.29, 0.717) is 6.04 Å². The fraction of sp³-hybridized carbons (Fsp3) is 0.909. The molecule has 1 saturated carbocycles. The van der Waals surface area contributed by atoms with Crippen LogP contribution >= 0.6 is 11.8 Å². The maximum atomic E-state index is 4.62. The highest BCUT2D eigenvalue weighted by atomic mass is 32.2. The predicted octanol–water partition coefficient (Wildman–Crippen LogP) is 2.65. The Kier molecular flexibility index (Phi) is 3.74. The zero-order valence-corrected chi connectivity index (χ0v) is 9.78. The second-order valence-corrected chi connectivity index (χ2v) is 5.54. The van der Waals surface area contributed by atoms with Gasteiger partial charge in [0.1, 0.15) is 0 Å². The quantitative estimate of drug-likeness (QED) is 0.778. The predicted molar refractivity (Wildman–Crippen MR) is 63.9 cm³/mol. The van der Waals surface area contributed by atoms with Gasteiger partial charge in [0.2, 0.25) is 0 Å². The van der Waals surface area contributed by atoms with Gasteiger partial charge in [0, 0.05) is 18.3 Å². The molecule has 0 bridgehead atoms. The average Bonchev–Trinajstić information content (AvgIpc) is 2.09. The Balaban J connectivity index is 1.67. The van der Waals surface area contributed by atoms with Gasteiger partial charge in [-0.1, -0.05) is 31.0 Å². The van der Waals surface area contributed by atoms with Gasteiger partial charge in [-0.25, -0.2) is 0 Å². The van der Waals surface area contributed by atoms with Crippen LogP contribution in [0.2, 0.25) is 0 Å². The number of rotatable bonds is 3. The second kappa shape index (κ2) is 5.06. The molecule has 2 aliphatic rings. The second-order valence-electron chi connectivity index (χ2n) is 4.45. The first-order chi connectivity index (χ1) is 6.84. The summed E-state index contributed by atoms with van der Waals surface area (Å²) in [6.45, 7) is 3.27. The molecule has 2 fully saturated rings. The molecule has 1 atom stereocenters. The summed E-state index contributed by atoms with van der Waals surface area (Å²) in [5, 5.41) is 4.62. The number of hydrogen-bond acceptors (Lipinski definition) is 2. The summed E-state index contributed by atoms with van der Waals surface area (Å²) in [5.74, 6) is 2.22. The minimum atomic E-state index is 0.624. The van der Waals surface area contributed by atoms with E-state index < -0.39 is 0 Å². The molecule has 2 nitrogen and oxygen atoms in total. The molecule has 1 aliphatic carbocycles. The highest BCUT2D eigenvalue weighted by Crippen LogP contribution is 2.29. The van der Waals surface area contributed by atoms with Gasteiger partial charge in [-0.15, -0.1) is 0 Å². The molecule has 1 saturated heterocycles. The molecule has 1 heterocycles. The van der Waals surface area contributed by atoms with Crippen molar-refractivity contribution in [1.29, 1.82) is 0 Å². The first kappa shape index (κ1) is 10.3. The van der Waals surface area contributed by atoms with Crippen LogP contribution in [0.4, 0.5) is 0 Å². The monoisotopic (exact) mass is 212 g/mol. The van der Waals surface area contributed by atoms with Crippen molar-refractivity contribution in [1.82, 2.24) is 5.32 Å². The SMILES string of the molecule is CC1CCSC(=NCCC2CCC2)N1. The van der Waals surface area contributed by atoms with E-state index in [0.717, 1.165) is 12.5 Å². The third-order valence-corrected chi connectivity index (χ3v) is 4.14. The van der Waals surface area contributed by atoms with Gasteiger partial charge in [0.25, 0.3) is 0 Å². The third kappa shape index (κ3) is 2.91. The molecule has 2 rings (SSSR count). The summed E-state index contributed by atoms with van der Waals surface area (Å²) in [5.41, 5.74) is 0. The van der Waals surface area contributed by atoms with Crippen molar-refractivity contribution in [3.8, 4) is 0 Å². The number of hydrogen-bond donors (Lipinski definition) is 1. The van der Waals surface area contributed by atoms with E-state index in [1.807, 2.05) is 11.8 Å². The molecule has 1 N–H and O–H groups in total. The molecular weight excluding hydrogens is 192 g/mol. The van der Waals surface area contributed by atoms with Crippen LogP contribution in [0.3, 0.4) is 0 Å². The Bertz CT molecular complexity index is 211. The first-order valence-corrected chi connectivity index (χ1v) is 6.77. The van der Waals surface area contributed by atoms with Gasteiger partial charge in [-0.05, 0) is 25.7 Å². The molecule has 0 aromatic rings. The summed E-state index contributed by atoms with van der Waals surface area (Å²) >= 11 is 1.88. The molecule has 0 spiro atoms. The highest BCUT2D eigenvalue weighted by Gasteiger charge is 2.17. The average molecular weight is 212 g/mol. The van der Waals surface area contributed by atoms with Crippen molar-refractivity contribution in [2.75, 3.05) is 12.3 Å². The zero-order valence-electron chi connectivity index (χ0n) is 8.96. The van der Waals surface area contributed by atoms with Crippen LogP contribution in [0.5, 0.6) is 0 Å². The molecule has 0 aromatic carbocycles. The molecule has 0 aromatic heterocycles. The van der Waals surface area contributed by atoms with Crippen LogP contribution in [-0.2, 0) is 0 Å². The molecular formula is C11H20N2S. The summed E-state index contributed by atoms with van der Waals surface area (Å²) in [6.07, 6.45) is 6.92. The molecule has 1 unspecified atom stereocenters. The fourth-order valence-electron chi connectivity index (χ4n) is 1.88. The van der Waals surface area contributed by atoms with Crippen LogP contribution in [-0.4, -0.2) is 23.5 Å².